The van der Waals surface area contributed by atoms with Crippen LogP contribution in [0, 0.1) is 0 Å². The number of ether oxygens (including phenoxy) is 2. The summed E-state index contributed by atoms with van der Waals surface area (Å²) in [6.45, 7) is 11.5. The average molecular weight is 336 g/mol. The number of anilines is 1. The maximum atomic E-state index is 12.1. The molecule has 5 nitrogen and oxygen atoms in total. The summed E-state index contributed by atoms with van der Waals surface area (Å²) >= 11 is 0. The van der Waals surface area contributed by atoms with Crippen LogP contribution < -0.4 is 10.1 Å². The minimum absolute atomic E-state index is 0.164. The molecule has 0 aliphatic rings. The standard InChI is InChI=1S/C19H32N2O3/c1-5-8-11-14-23-18-13-10-9-12-17(18)20-19(22)24-16(4)15-21(6-2)7-3/h9-10,12-13,16H,5-8,11,14-15H2,1-4H3,(H,20,22). The largest absolute Gasteiger partial charge is 0.491 e. The summed E-state index contributed by atoms with van der Waals surface area (Å²) in [6, 6.07) is 7.45. The van der Waals surface area contributed by atoms with Gasteiger partial charge in [0.05, 0.1) is 12.3 Å². The fraction of sp³-hybridized carbons (Fsp3) is 0.632. The normalized spacial score (nSPS) is 12.0. The second-order valence-corrected chi connectivity index (χ2v) is 5.88. The molecule has 1 amide bonds. The highest BCUT2D eigenvalue weighted by Gasteiger charge is 2.14. The molecule has 1 atom stereocenters. The fourth-order valence-electron chi connectivity index (χ4n) is 2.43. The van der Waals surface area contributed by atoms with Gasteiger partial charge in [-0.25, -0.2) is 4.79 Å². The predicted octanol–water partition coefficient (Wildman–Crippen LogP) is 4.53. The molecule has 0 aliphatic carbocycles. The number of rotatable bonds is 11. The minimum atomic E-state index is -0.445. The lowest BCUT2D eigenvalue weighted by Gasteiger charge is -2.23. The van der Waals surface area contributed by atoms with Crippen molar-refractivity contribution in [3.8, 4) is 5.75 Å². The third kappa shape index (κ3) is 7.68. The first-order chi connectivity index (χ1) is 11.6. The maximum absolute atomic E-state index is 12.1. The Morgan fingerprint density at radius 3 is 2.54 bits per heavy atom. The molecule has 0 aromatic heterocycles. The summed E-state index contributed by atoms with van der Waals surface area (Å²) in [7, 11) is 0. The van der Waals surface area contributed by atoms with Crippen LogP contribution in [0.2, 0.25) is 0 Å². The lowest BCUT2D eigenvalue weighted by atomic mass is 10.2. The van der Waals surface area contributed by atoms with Crippen LogP contribution in [-0.2, 0) is 4.74 Å². The third-order valence-corrected chi connectivity index (χ3v) is 3.85. The molecule has 136 valence electrons. The average Bonchev–Trinajstić information content (AvgIpc) is 2.57. The van der Waals surface area contributed by atoms with Crippen LogP contribution in [0.15, 0.2) is 24.3 Å². The number of para-hydroxylation sites is 2. The molecule has 0 heterocycles. The topological polar surface area (TPSA) is 50.8 Å². The fourth-order valence-corrected chi connectivity index (χ4v) is 2.43. The number of nitrogens with zero attached hydrogens (tertiary/aromatic N) is 1. The summed E-state index contributed by atoms with van der Waals surface area (Å²) in [5.41, 5.74) is 0.647. The van der Waals surface area contributed by atoms with E-state index < -0.39 is 6.09 Å². The van der Waals surface area contributed by atoms with E-state index in [9.17, 15) is 4.79 Å². The molecule has 1 N–H and O–H groups in total. The number of amides is 1. The zero-order valence-corrected chi connectivity index (χ0v) is 15.5. The number of hydrogen-bond acceptors (Lipinski definition) is 4. The highest BCUT2D eigenvalue weighted by atomic mass is 16.6. The molecule has 0 bridgehead atoms. The predicted molar refractivity (Wildman–Crippen MR) is 98.8 cm³/mol. The van der Waals surface area contributed by atoms with Gasteiger partial charge in [0, 0.05) is 6.54 Å². The molecular formula is C19H32N2O3. The summed E-state index contributed by atoms with van der Waals surface area (Å²) in [6.07, 6.45) is 2.69. The SMILES string of the molecule is CCCCCOc1ccccc1NC(=O)OC(C)CN(CC)CC. The van der Waals surface area contributed by atoms with E-state index in [0.717, 1.165) is 38.9 Å². The molecule has 1 aromatic carbocycles. The van der Waals surface area contributed by atoms with Crippen molar-refractivity contribution in [2.75, 3.05) is 31.6 Å². The maximum Gasteiger partial charge on any atom is 0.412 e. The van der Waals surface area contributed by atoms with E-state index in [1.54, 1.807) is 0 Å². The lowest BCUT2D eigenvalue weighted by Crippen LogP contribution is -2.34. The Kier molecular flexibility index (Phi) is 9.92. The van der Waals surface area contributed by atoms with Crippen molar-refractivity contribution in [3.05, 3.63) is 24.3 Å². The highest BCUT2D eigenvalue weighted by molar-refractivity contribution is 5.86. The van der Waals surface area contributed by atoms with Gasteiger partial charge in [-0.1, -0.05) is 45.7 Å². The molecule has 5 heteroatoms. The molecule has 1 unspecified atom stereocenters. The number of hydrogen-bond donors (Lipinski definition) is 1. The Balaban J connectivity index is 2.51. The zero-order chi connectivity index (χ0) is 17.8. The van der Waals surface area contributed by atoms with Crippen molar-refractivity contribution in [3.63, 3.8) is 0 Å². The Hall–Kier alpha value is -1.75. The summed E-state index contributed by atoms with van der Waals surface area (Å²) in [5, 5.41) is 2.79. The summed E-state index contributed by atoms with van der Waals surface area (Å²) in [5.74, 6) is 0.682. The van der Waals surface area contributed by atoms with E-state index in [-0.39, 0.29) is 6.10 Å². The Bertz CT molecular complexity index is 475. The summed E-state index contributed by atoms with van der Waals surface area (Å²) in [4.78, 5) is 14.3. The first kappa shape index (κ1) is 20.3. The van der Waals surface area contributed by atoms with Gasteiger partial charge >= 0.3 is 6.09 Å². The zero-order valence-electron chi connectivity index (χ0n) is 15.5. The molecule has 0 aliphatic heterocycles. The van der Waals surface area contributed by atoms with Crippen LogP contribution in [0.4, 0.5) is 10.5 Å². The quantitative estimate of drug-likeness (QED) is 0.603. The van der Waals surface area contributed by atoms with Crippen LogP contribution >= 0.6 is 0 Å². The minimum Gasteiger partial charge on any atom is -0.491 e. The van der Waals surface area contributed by atoms with Gasteiger partial charge in [0.25, 0.3) is 0 Å². The van der Waals surface area contributed by atoms with Gasteiger partial charge in [0.15, 0.2) is 0 Å². The van der Waals surface area contributed by atoms with E-state index in [0.29, 0.717) is 18.0 Å². The molecule has 0 fully saturated rings. The van der Waals surface area contributed by atoms with Gasteiger partial charge in [0.2, 0.25) is 0 Å². The molecule has 24 heavy (non-hydrogen) atoms. The van der Waals surface area contributed by atoms with Crippen LogP contribution in [0.5, 0.6) is 5.75 Å². The van der Waals surface area contributed by atoms with E-state index in [1.807, 2.05) is 31.2 Å². The number of likely N-dealkylation sites (N-methyl/N-ethyl adjacent to an activating group) is 1. The van der Waals surface area contributed by atoms with E-state index >= 15 is 0 Å². The number of unbranched alkanes of at least 4 members (excludes halogenated alkanes) is 2. The van der Waals surface area contributed by atoms with Crippen LogP contribution in [-0.4, -0.2) is 43.3 Å². The van der Waals surface area contributed by atoms with Crippen LogP contribution in [0.3, 0.4) is 0 Å². The Morgan fingerprint density at radius 2 is 1.88 bits per heavy atom. The van der Waals surface area contributed by atoms with Gasteiger partial charge < -0.3 is 14.4 Å². The molecule has 0 spiro atoms. The van der Waals surface area contributed by atoms with Gasteiger partial charge in [-0.3, -0.25) is 5.32 Å². The van der Waals surface area contributed by atoms with Gasteiger partial charge in [-0.2, -0.15) is 0 Å². The van der Waals surface area contributed by atoms with Crippen molar-refractivity contribution in [2.24, 2.45) is 0 Å². The molecule has 1 rings (SSSR count). The number of carbonyl (C=O) groups is 1. The molecule has 0 saturated carbocycles. The highest BCUT2D eigenvalue weighted by Crippen LogP contribution is 2.24. The van der Waals surface area contributed by atoms with Gasteiger partial charge in [0.1, 0.15) is 11.9 Å². The smallest absolute Gasteiger partial charge is 0.412 e. The number of benzene rings is 1. The van der Waals surface area contributed by atoms with Crippen LogP contribution in [0.1, 0.15) is 47.0 Å². The van der Waals surface area contributed by atoms with Crippen molar-refractivity contribution in [1.29, 1.82) is 0 Å². The van der Waals surface area contributed by atoms with Gasteiger partial charge in [-0.05, 0) is 38.6 Å². The molecule has 0 saturated heterocycles. The van der Waals surface area contributed by atoms with Crippen molar-refractivity contribution in [2.45, 2.75) is 53.1 Å². The van der Waals surface area contributed by atoms with E-state index in [2.05, 4.69) is 31.0 Å². The molecule has 0 radical (unpaired) electrons. The molecular weight excluding hydrogens is 304 g/mol. The second kappa shape index (κ2) is 11.7. The first-order valence-electron chi connectivity index (χ1n) is 9.02. The first-order valence-corrected chi connectivity index (χ1v) is 9.02. The third-order valence-electron chi connectivity index (χ3n) is 3.85. The van der Waals surface area contributed by atoms with Crippen molar-refractivity contribution >= 4 is 11.8 Å². The number of nitrogens with one attached hydrogen (secondary N) is 1. The molecule has 1 aromatic rings. The Morgan fingerprint density at radius 1 is 1.17 bits per heavy atom. The van der Waals surface area contributed by atoms with Crippen LogP contribution in [0.25, 0.3) is 0 Å². The lowest BCUT2D eigenvalue weighted by molar-refractivity contribution is 0.0928. The monoisotopic (exact) mass is 336 g/mol. The Labute approximate surface area is 146 Å². The van der Waals surface area contributed by atoms with E-state index in [4.69, 9.17) is 9.47 Å². The second-order valence-electron chi connectivity index (χ2n) is 5.88. The van der Waals surface area contributed by atoms with Crippen molar-refractivity contribution < 1.29 is 14.3 Å². The van der Waals surface area contributed by atoms with Gasteiger partial charge in [-0.15, -0.1) is 0 Å². The number of carbonyl (C=O) groups excluding carboxylic acids is 1. The van der Waals surface area contributed by atoms with E-state index in [1.165, 1.54) is 0 Å². The van der Waals surface area contributed by atoms with Crippen molar-refractivity contribution in [1.82, 2.24) is 4.90 Å². The summed E-state index contributed by atoms with van der Waals surface area (Å²) < 4.78 is 11.2.